The number of rotatable bonds is 5. The Hall–Kier alpha value is -1.24. The number of benzene rings is 1. The molecule has 21 heavy (non-hydrogen) atoms. The van der Waals surface area contributed by atoms with Crippen LogP contribution in [-0.2, 0) is 0 Å². The molecule has 4 nitrogen and oxygen atoms in total. The summed E-state index contributed by atoms with van der Waals surface area (Å²) in [5, 5.41) is 0. The standard InChI is InChI=1S/C14H12BrClO4S/c1-18-9-6-11(20-3)10(19-2)4-7(9)13(17)12-5-8(15)14(16)21-12/h4-6H,1-3H3. The van der Waals surface area contributed by atoms with Gasteiger partial charge < -0.3 is 14.2 Å². The average molecular weight is 392 g/mol. The highest BCUT2D eigenvalue weighted by Crippen LogP contribution is 2.38. The molecule has 0 radical (unpaired) electrons. The SMILES string of the molecule is COc1cc(OC)c(C(=O)c2cc(Br)c(Cl)s2)cc1OC. The zero-order valence-electron chi connectivity index (χ0n) is 11.5. The molecular formula is C14H12BrClO4S. The summed E-state index contributed by atoms with van der Waals surface area (Å²) in [6.07, 6.45) is 0. The lowest BCUT2D eigenvalue weighted by atomic mass is 10.1. The molecule has 0 saturated carbocycles. The molecule has 0 amide bonds. The fourth-order valence-electron chi connectivity index (χ4n) is 1.80. The predicted octanol–water partition coefficient (Wildman–Crippen LogP) is 4.42. The van der Waals surface area contributed by atoms with Gasteiger partial charge in [-0.3, -0.25) is 4.79 Å². The van der Waals surface area contributed by atoms with E-state index >= 15 is 0 Å². The second-order valence-electron chi connectivity index (χ2n) is 3.97. The number of carbonyl (C=O) groups excluding carboxylic acids is 1. The van der Waals surface area contributed by atoms with Crippen molar-refractivity contribution in [2.75, 3.05) is 21.3 Å². The van der Waals surface area contributed by atoms with Crippen molar-refractivity contribution in [2.24, 2.45) is 0 Å². The van der Waals surface area contributed by atoms with E-state index in [1.54, 1.807) is 18.2 Å². The van der Waals surface area contributed by atoms with Gasteiger partial charge in [0.1, 0.15) is 10.1 Å². The minimum absolute atomic E-state index is 0.189. The minimum Gasteiger partial charge on any atom is -0.496 e. The first-order valence-electron chi connectivity index (χ1n) is 5.81. The van der Waals surface area contributed by atoms with Crippen LogP contribution < -0.4 is 14.2 Å². The fourth-order valence-corrected chi connectivity index (χ4v) is 3.45. The molecule has 0 aliphatic carbocycles. The number of thiophene rings is 1. The lowest BCUT2D eigenvalue weighted by molar-refractivity contribution is 0.103. The van der Waals surface area contributed by atoms with Crippen LogP contribution in [0.1, 0.15) is 15.2 Å². The molecule has 2 aromatic rings. The molecule has 1 aromatic carbocycles. The van der Waals surface area contributed by atoms with Gasteiger partial charge >= 0.3 is 0 Å². The molecule has 0 aliphatic heterocycles. The van der Waals surface area contributed by atoms with Gasteiger partial charge in [0.25, 0.3) is 0 Å². The van der Waals surface area contributed by atoms with Crippen LogP contribution in [0, 0.1) is 0 Å². The number of ketones is 1. The van der Waals surface area contributed by atoms with Crippen molar-refractivity contribution in [3.63, 3.8) is 0 Å². The Morgan fingerprint density at radius 3 is 2.10 bits per heavy atom. The number of methoxy groups -OCH3 is 3. The van der Waals surface area contributed by atoms with Crippen LogP contribution in [0.25, 0.3) is 0 Å². The maximum absolute atomic E-state index is 12.6. The van der Waals surface area contributed by atoms with E-state index < -0.39 is 0 Å². The molecule has 0 N–H and O–H groups in total. The summed E-state index contributed by atoms with van der Waals surface area (Å²) < 4.78 is 16.9. The summed E-state index contributed by atoms with van der Waals surface area (Å²) in [6.45, 7) is 0. The number of carbonyl (C=O) groups is 1. The molecule has 2 rings (SSSR count). The van der Waals surface area contributed by atoms with E-state index in [-0.39, 0.29) is 5.78 Å². The summed E-state index contributed by atoms with van der Waals surface area (Å²) >= 11 is 10.5. The Labute approximate surface area is 139 Å². The highest BCUT2D eigenvalue weighted by Gasteiger charge is 2.21. The van der Waals surface area contributed by atoms with Gasteiger partial charge in [-0.25, -0.2) is 0 Å². The molecule has 1 aromatic heterocycles. The largest absolute Gasteiger partial charge is 0.496 e. The van der Waals surface area contributed by atoms with Crippen LogP contribution in [0.3, 0.4) is 0 Å². The van der Waals surface area contributed by atoms with Crippen molar-refractivity contribution in [3.05, 3.63) is 37.4 Å². The highest BCUT2D eigenvalue weighted by molar-refractivity contribution is 9.10. The van der Waals surface area contributed by atoms with Gasteiger partial charge in [-0.05, 0) is 28.1 Å². The van der Waals surface area contributed by atoms with E-state index in [9.17, 15) is 4.79 Å². The van der Waals surface area contributed by atoms with Crippen LogP contribution >= 0.6 is 38.9 Å². The van der Waals surface area contributed by atoms with E-state index in [0.29, 0.717) is 36.5 Å². The van der Waals surface area contributed by atoms with Crippen molar-refractivity contribution in [1.29, 1.82) is 0 Å². The Morgan fingerprint density at radius 1 is 1.05 bits per heavy atom. The molecule has 0 bridgehead atoms. The van der Waals surface area contributed by atoms with Crippen LogP contribution in [0.4, 0.5) is 0 Å². The molecule has 112 valence electrons. The quantitative estimate of drug-likeness (QED) is 0.708. The van der Waals surface area contributed by atoms with E-state index in [0.717, 1.165) is 0 Å². The van der Waals surface area contributed by atoms with Gasteiger partial charge in [0.15, 0.2) is 11.5 Å². The van der Waals surface area contributed by atoms with Crippen LogP contribution in [0.15, 0.2) is 22.7 Å². The van der Waals surface area contributed by atoms with Crippen LogP contribution in [0.5, 0.6) is 17.2 Å². The average Bonchev–Trinajstić information content (AvgIpc) is 2.84. The molecule has 0 atom stereocenters. The smallest absolute Gasteiger partial charge is 0.206 e. The first-order valence-corrected chi connectivity index (χ1v) is 7.80. The van der Waals surface area contributed by atoms with Crippen molar-refractivity contribution < 1.29 is 19.0 Å². The van der Waals surface area contributed by atoms with Gasteiger partial charge in [-0.15, -0.1) is 11.3 Å². The van der Waals surface area contributed by atoms with Crippen molar-refractivity contribution in [1.82, 2.24) is 0 Å². The second kappa shape index (κ2) is 6.68. The van der Waals surface area contributed by atoms with Gasteiger partial charge in [0.05, 0.1) is 31.8 Å². The minimum atomic E-state index is -0.189. The summed E-state index contributed by atoms with van der Waals surface area (Å²) in [5.41, 5.74) is 0.389. The summed E-state index contributed by atoms with van der Waals surface area (Å²) in [7, 11) is 4.53. The molecule has 0 saturated heterocycles. The third kappa shape index (κ3) is 3.17. The van der Waals surface area contributed by atoms with E-state index in [4.69, 9.17) is 25.8 Å². The third-order valence-electron chi connectivity index (χ3n) is 2.82. The van der Waals surface area contributed by atoms with Gasteiger partial charge in [0, 0.05) is 10.5 Å². The van der Waals surface area contributed by atoms with Crippen molar-refractivity contribution in [2.45, 2.75) is 0 Å². The number of hydrogen-bond acceptors (Lipinski definition) is 5. The lowest BCUT2D eigenvalue weighted by Crippen LogP contribution is -2.04. The molecular weight excluding hydrogens is 380 g/mol. The summed E-state index contributed by atoms with van der Waals surface area (Å²) in [4.78, 5) is 13.1. The van der Waals surface area contributed by atoms with Crippen LogP contribution in [0.2, 0.25) is 4.34 Å². The fraction of sp³-hybridized carbons (Fsp3) is 0.214. The Morgan fingerprint density at radius 2 is 1.62 bits per heavy atom. The van der Waals surface area contributed by atoms with Gasteiger partial charge in [-0.1, -0.05) is 11.6 Å². The Kier molecular flexibility index (Phi) is 5.13. The molecule has 0 unspecified atom stereocenters. The maximum atomic E-state index is 12.6. The van der Waals surface area contributed by atoms with Gasteiger partial charge in [0.2, 0.25) is 5.78 Å². The van der Waals surface area contributed by atoms with E-state index in [1.807, 2.05) is 0 Å². The molecule has 0 spiro atoms. The number of ether oxygens (including phenoxy) is 3. The molecule has 0 fully saturated rings. The topological polar surface area (TPSA) is 44.8 Å². The van der Waals surface area contributed by atoms with Crippen molar-refractivity contribution in [3.8, 4) is 17.2 Å². The summed E-state index contributed by atoms with van der Waals surface area (Å²) in [5.74, 6) is 1.18. The third-order valence-corrected chi connectivity index (χ3v) is 5.29. The van der Waals surface area contributed by atoms with E-state index in [2.05, 4.69) is 15.9 Å². The zero-order chi connectivity index (χ0) is 15.6. The Bertz CT molecular complexity index is 664. The highest BCUT2D eigenvalue weighted by atomic mass is 79.9. The van der Waals surface area contributed by atoms with E-state index in [1.165, 1.54) is 32.7 Å². The normalized spacial score (nSPS) is 10.3. The lowest BCUT2D eigenvalue weighted by Gasteiger charge is -2.12. The Balaban J connectivity index is 2.53. The molecule has 1 heterocycles. The maximum Gasteiger partial charge on any atom is 0.206 e. The molecule has 7 heteroatoms. The summed E-state index contributed by atoms with van der Waals surface area (Å²) in [6, 6.07) is 4.91. The first kappa shape index (κ1) is 16.1. The number of halogens is 2. The van der Waals surface area contributed by atoms with Crippen LogP contribution in [-0.4, -0.2) is 27.1 Å². The number of hydrogen-bond donors (Lipinski definition) is 0. The predicted molar refractivity (Wildman–Crippen MR) is 86.6 cm³/mol. The second-order valence-corrected chi connectivity index (χ2v) is 6.48. The molecule has 0 aliphatic rings. The van der Waals surface area contributed by atoms with Gasteiger partial charge in [-0.2, -0.15) is 0 Å². The van der Waals surface area contributed by atoms with Crippen molar-refractivity contribution >= 4 is 44.7 Å². The first-order chi connectivity index (χ1) is 10.0. The zero-order valence-corrected chi connectivity index (χ0v) is 14.7. The monoisotopic (exact) mass is 390 g/mol.